The van der Waals surface area contributed by atoms with Crippen LogP contribution in [0, 0.1) is 0 Å². The van der Waals surface area contributed by atoms with Crippen molar-refractivity contribution in [3.05, 3.63) is 57.2 Å². The van der Waals surface area contributed by atoms with Crippen LogP contribution in [-0.4, -0.2) is 5.78 Å². The first-order valence-corrected chi connectivity index (χ1v) is 6.03. The summed E-state index contributed by atoms with van der Waals surface area (Å²) in [4.78, 5) is 12.6. The van der Waals surface area contributed by atoms with Crippen molar-refractivity contribution in [2.24, 2.45) is 5.73 Å². The molecule has 1 aromatic carbocycles. The van der Waals surface area contributed by atoms with Gasteiger partial charge in [0.2, 0.25) is 0 Å². The highest BCUT2D eigenvalue weighted by molar-refractivity contribution is 7.12. The highest BCUT2D eigenvalue weighted by Gasteiger charge is 2.20. The summed E-state index contributed by atoms with van der Waals surface area (Å²) in [6.45, 7) is 0. The van der Waals surface area contributed by atoms with Crippen molar-refractivity contribution in [1.29, 1.82) is 0 Å². The van der Waals surface area contributed by atoms with Gasteiger partial charge in [-0.1, -0.05) is 41.9 Å². The van der Waals surface area contributed by atoms with Crippen LogP contribution >= 0.6 is 22.9 Å². The molecule has 82 valence electrons. The fourth-order valence-corrected chi connectivity index (χ4v) is 2.55. The lowest BCUT2D eigenvalue weighted by Gasteiger charge is -2.09. The second kappa shape index (κ2) is 4.78. The van der Waals surface area contributed by atoms with Crippen molar-refractivity contribution in [1.82, 2.24) is 0 Å². The predicted molar refractivity (Wildman–Crippen MR) is 67.0 cm³/mol. The van der Waals surface area contributed by atoms with Gasteiger partial charge in [0.15, 0.2) is 5.78 Å². The Morgan fingerprint density at radius 1 is 1.25 bits per heavy atom. The number of halogens is 1. The number of benzene rings is 1. The summed E-state index contributed by atoms with van der Waals surface area (Å²) in [6, 6.07) is 10.3. The number of carbonyl (C=O) groups excluding carboxylic acids is 1. The van der Waals surface area contributed by atoms with Gasteiger partial charge in [0, 0.05) is 0 Å². The van der Waals surface area contributed by atoms with Gasteiger partial charge in [-0.25, -0.2) is 0 Å². The first-order valence-electron chi connectivity index (χ1n) is 4.78. The molecular formula is C12H10ClNOS. The molecule has 1 heterocycles. The molecule has 0 spiro atoms. The Balaban J connectivity index is 2.27. The third-order valence-electron chi connectivity index (χ3n) is 2.28. The smallest absolute Gasteiger partial charge is 0.195 e. The van der Waals surface area contributed by atoms with E-state index in [1.54, 1.807) is 11.4 Å². The van der Waals surface area contributed by atoms with E-state index in [1.807, 2.05) is 30.3 Å². The second-order valence-corrected chi connectivity index (χ2v) is 4.67. The fourth-order valence-electron chi connectivity index (χ4n) is 1.42. The molecule has 0 saturated carbocycles. The second-order valence-electron chi connectivity index (χ2n) is 3.35. The number of nitrogens with two attached hydrogens (primary N) is 1. The fraction of sp³-hybridized carbons (Fsp3) is 0.0833. The van der Waals surface area contributed by atoms with E-state index in [0.29, 0.717) is 9.90 Å². The molecule has 0 fully saturated rings. The average molecular weight is 252 g/mol. The molecule has 1 aromatic heterocycles. The number of carbonyl (C=O) groups is 1. The van der Waals surface area contributed by atoms with Gasteiger partial charge < -0.3 is 5.73 Å². The Labute approximate surface area is 103 Å². The largest absolute Gasteiger partial charge is 0.317 e. The number of rotatable bonds is 3. The van der Waals surface area contributed by atoms with E-state index in [1.165, 1.54) is 11.3 Å². The lowest BCUT2D eigenvalue weighted by Crippen LogP contribution is -2.20. The van der Waals surface area contributed by atoms with E-state index < -0.39 is 6.04 Å². The highest BCUT2D eigenvalue weighted by atomic mass is 35.5. The standard InChI is InChI=1S/C12H10ClNOS/c13-9-6-7-16-12(9)11(15)10(14)8-4-2-1-3-5-8/h1-7,10H,14H2/t10-/m1/s1. The zero-order valence-corrected chi connectivity index (χ0v) is 9.96. The molecule has 0 aliphatic carbocycles. The minimum absolute atomic E-state index is 0.133. The molecule has 2 N–H and O–H groups in total. The zero-order valence-electron chi connectivity index (χ0n) is 8.39. The monoisotopic (exact) mass is 251 g/mol. The van der Waals surface area contributed by atoms with Crippen LogP contribution in [-0.2, 0) is 0 Å². The Bertz CT molecular complexity index is 495. The molecule has 0 bridgehead atoms. The molecule has 0 radical (unpaired) electrons. The van der Waals surface area contributed by atoms with Crippen molar-refractivity contribution >= 4 is 28.7 Å². The lowest BCUT2D eigenvalue weighted by molar-refractivity contribution is 0.0965. The van der Waals surface area contributed by atoms with Crippen LogP contribution in [0.5, 0.6) is 0 Å². The van der Waals surface area contributed by atoms with Crippen LogP contribution in [0.4, 0.5) is 0 Å². The number of thiophene rings is 1. The summed E-state index contributed by atoms with van der Waals surface area (Å²) in [6.07, 6.45) is 0. The number of Topliss-reactive ketones (excluding diaryl/α,β-unsaturated/α-hetero) is 1. The molecule has 16 heavy (non-hydrogen) atoms. The van der Waals surface area contributed by atoms with Crippen LogP contribution in [0.1, 0.15) is 21.3 Å². The molecule has 2 nitrogen and oxygen atoms in total. The maximum absolute atomic E-state index is 12.0. The molecule has 2 rings (SSSR count). The molecule has 4 heteroatoms. The Kier molecular flexibility index (Phi) is 3.39. The number of hydrogen-bond acceptors (Lipinski definition) is 3. The maximum atomic E-state index is 12.0. The highest BCUT2D eigenvalue weighted by Crippen LogP contribution is 2.26. The zero-order chi connectivity index (χ0) is 11.5. The molecule has 0 amide bonds. The van der Waals surface area contributed by atoms with E-state index in [-0.39, 0.29) is 5.78 Å². The minimum atomic E-state index is -0.641. The Morgan fingerprint density at radius 3 is 2.50 bits per heavy atom. The topological polar surface area (TPSA) is 43.1 Å². The lowest BCUT2D eigenvalue weighted by atomic mass is 10.0. The first kappa shape index (κ1) is 11.3. The predicted octanol–water partition coefficient (Wildman–Crippen LogP) is 3.28. The summed E-state index contributed by atoms with van der Waals surface area (Å²) in [7, 11) is 0. The van der Waals surface area contributed by atoms with Gasteiger partial charge >= 0.3 is 0 Å². The molecule has 0 saturated heterocycles. The molecule has 0 aliphatic heterocycles. The average Bonchev–Trinajstić information content (AvgIpc) is 2.75. The maximum Gasteiger partial charge on any atom is 0.195 e. The number of ketones is 1. The van der Waals surface area contributed by atoms with Gasteiger partial charge in [-0.3, -0.25) is 4.79 Å². The summed E-state index contributed by atoms with van der Waals surface area (Å²) in [5.41, 5.74) is 6.70. The summed E-state index contributed by atoms with van der Waals surface area (Å²) in [5, 5.41) is 2.26. The van der Waals surface area contributed by atoms with Crippen molar-refractivity contribution in [2.75, 3.05) is 0 Å². The van der Waals surface area contributed by atoms with Crippen molar-refractivity contribution in [2.45, 2.75) is 6.04 Å². The van der Waals surface area contributed by atoms with Crippen LogP contribution in [0.2, 0.25) is 5.02 Å². The van der Waals surface area contributed by atoms with E-state index in [4.69, 9.17) is 17.3 Å². The van der Waals surface area contributed by atoms with Crippen LogP contribution in [0.25, 0.3) is 0 Å². The Hall–Kier alpha value is -1.16. The van der Waals surface area contributed by atoms with E-state index in [2.05, 4.69) is 0 Å². The summed E-state index contributed by atoms with van der Waals surface area (Å²) in [5.74, 6) is -0.133. The van der Waals surface area contributed by atoms with Crippen LogP contribution < -0.4 is 5.73 Å². The van der Waals surface area contributed by atoms with Gasteiger partial charge in [-0.2, -0.15) is 0 Å². The third kappa shape index (κ3) is 2.16. The molecule has 0 unspecified atom stereocenters. The minimum Gasteiger partial charge on any atom is -0.317 e. The quantitative estimate of drug-likeness (QED) is 0.851. The first-order chi connectivity index (χ1) is 7.70. The van der Waals surface area contributed by atoms with Crippen molar-refractivity contribution < 1.29 is 4.79 Å². The van der Waals surface area contributed by atoms with E-state index >= 15 is 0 Å². The SMILES string of the molecule is N[C@@H](C(=O)c1sccc1Cl)c1ccccc1. The summed E-state index contributed by atoms with van der Waals surface area (Å²) < 4.78 is 0. The molecule has 2 aromatic rings. The van der Waals surface area contributed by atoms with Crippen LogP contribution in [0.15, 0.2) is 41.8 Å². The van der Waals surface area contributed by atoms with Gasteiger partial charge in [-0.15, -0.1) is 11.3 Å². The van der Waals surface area contributed by atoms with E-state index in [0.717, 1.165) is 5.56 Å². The van der Waals surface area contributed by atoms with Gasteiger partial charge in [0.05, 0.1) is 15.9 Å². The molecular weight excluding hydrogens is 242 g/mol. The number of hydrogen-bond donors (Lipinski definition) is 1. The third-order valence-corrected chi connectivity index (χ3v) is 3.64. The Morgan fingerprint density at radius 2 is 1.94 bits per heavy atom. The molecule has 1 atom stereocenters. The van der Waals surface area contributed by atoms with E-state index in [9.17, 15) is 4.79 Å². The van der Waals surface area contributed by atoms with Crippen LogP contribution in [0.3, 0.4) is 0 Å². The van der Waals surface area contributed by atoms with Crippen molar-refractivity contribution in [3.63, 3.8) is 0 Å². The van der Waals surface area contributed by atoms with Gasteiger partial charge in [0.25, 0.3) is 0 Å². The molecule has 0 aliphatic rings. The normalized spacial score (nSPS) is 12.4. The van der Waals surface area contributed by atoms with Crippen molar-refractivity contribution in [3.8, 4) is 0 Å². The summed E-state index contributed by atoms with van der Waals surface area (Å²) >= 11 is 7.22. The van der Waals surface area contributed by atoms with Gasteiger partial charge in [-0.05, 0) is 17.0 Å². The van der Waals surface area contributed by atoms with Gasteiger partial charge in [0.1, 0.15) is 0 Å².